The van der Waals surface area contributed by atoms with Gasteiger partial charge < -0.3 is 20.1 Å². The number of nitrogen functional groups attached to an aromatic ring is 1. The number of nitrogens with zero attached hydrogens (tertiary/aromatic N) is 4. The number of ether oxygens (including phenoxy) is 2. The van der Waals surface area contributed by atoms with Crippen molar-refractivity contribution in [3.8, 4) is 35.2 Å². The second-order valence-corrected chi connectivity index (χ2v) is 6.98. The quantitative estimate of drug-likeness (QED) is 0.654. The summed E-state index contributed by atoms with van der Waals surface area (Å²) in [5, 5.41) is 0. The average Bonchev–Trinajstić information content (AvgIpc) is 3.10. The van der Waals surface area contributed by atoms with Crippen LogP contribution in [0.1, 0.15) is 29.9 Å². The molecule has 8 heteroatoms. The zero-order valence-electron chi connectivity index (χ0n) is 17.5. The fraction of sp³-hybridized carbons (Fsp3) is 0.261. The van der Waals surface area contributed by atoms with Crippen molar-refractivity contribution < 1.29 is 14.3 Å². The summed E-state index contributed by atoms with van der Waals surface area (Å²) in [6, 6.07) is 5.42. The van der Waals surface area contributed by atoms with Crippen LogP contribution in [-0.4, -0.2) is 52.5 Å². The average molecular weight is 415 g/mol. The van der Waals surface area contributed by atoms with Crippen molar-refractivity contribution in [2.45, 2.75) is 12.8 Å². The minimum absolute atomic E-state index is 0.0735. The van der Waals surface area contributed by atoms with Gasteiger partial charge in [0.15, 0.2) is 5.82 Å². The van der Waals surface area contributed by atoms with Crippen LogP contribution in [0.25, 0.3) is 5.52 Å². The summed E-state index contributed by atoms with van der Waals surface area (Å²) >= 11 is 0. The van der Waals surface area contributed by atoms with Crippen molar-refractivity contribution in [2.75, 3.05) is 33.0 Å². The Balaban J connectivity index is 1.70. The Morgan fingerprint density at radius 1 is 1.16 bits per heavy atom. The lowest BCUT2D eigenvalue weighted by Gasteiger charge is -2.37. The number of amides is 1. The molecule has 4 rings (SSSR count). The third kappa shape index (κ3) is 3.84. The van der Waals surface area contributed by atoms with Crippen molar-refractivity contribution in [1.82, 2.24) is 19.3 Å². The molecular formula is C23H21N5O3. The van der Waals surface area contributed by atoms with Gasteiger partial charge in [0.1, 0.15) is 28.5 Å². The minimum atomic E-state index is -0.173. The Morgan fingerprint density at radius 3 is 2.52 bits per heavy atom. The molecule has 0 radical (unpaired) electrons. The number of methoxy groups -OCH3 is 2. The highest BCUT2D eigenvalue weighted by atomic mass is 16.5. The van der Waals surface area contributed by atoms with Gasteiger partial charge in [-0.1, -0.05) is 11.8 Å². The maximum atomic E-state index is 11.9. The lowest BCUT2D eigenvalue weighted by molar-refractivity contribution is -0.129. The van der Waals surface area contributed by atoms with Gasteiger partial charge in [0, 0.05) is 37.1 Å². The Hall–Kier alpha value is -4.17. The highest BCUT2D eigenvalue weighted by Gasteiger charge is 2.34. The monoisotopic (exact) mass is 415 g/mol. The number of rotatable bonds is 3. The van der Waals surface area contributed by atoms with Gasteiger partial charge in [-0.3, -0.25) is 9.20 Å². The third-order valence-electron chi connectivity index (χ3n) is 5.05. The van der Waals surface area contributed by atoms with Gasteiger partial charge in [0.25, 0.3) is 5.91 Å². The normalized spacial score (nSPS) is 12.9. The number of carbonyl (C=O) groups excluding carboxylic acids is 1. The molecule has 1 amide bonds. The molecular weight excluding hydrogens is 394 g/mol. The van der Waals surface area contributed by atoms with Crippen LogP contribution < -0.4 is 15.2 Å². The van der Waals surface area contributed by atoms with Crippen LogP contribution in [-0.2, 0) is 4.79 Å². The number of anilines is 1. The van der Waals surface area contributed by atoms with E-state index >= 15 is 0 Å². The minimum Gasteiger partial charge on any atom is -0.497 e. The predicted octanol–water partition coefficient (Wildman–Crippen LogP) is 1.68. The number of hydrogen-bond acceptors (Lipinski definition) is 6. The zero-order chi connectivity index (χ0) is 22.0. The second kappa shape index (κ2) is 8.29. The number of imidazole rings is 1. The first-order chi connectivity index (χ1) is 15.0. The first-order valence-corrected chi connectivity index (χ1v) is 9.63. The molecule has 0 aliphatic carbocycles. The molecule has 1 aliphatic heterocycles. The highest BCUT2D eigenvalue weighted by Crippen LogP contribution is 2.29. The van der Waals surface area contributed by atoms with Crippen LogP contribution in [0.2, 0.25) is 0 Å². The van der Waals surface area contributed by atoms with Crippen LogP contribution in [0.15, 0.2) is 30.6 Å². The number of fused-ring (bicyclic) bond motifs is 1. The van der Waals surface area contributed by atoms with E-state index in [9.17, 15) is 4.79 Å². The Bertz CT molecular complexity index is 1260. The van der Waals surface area contributed by atoms with Crippen LogP contribution in [0.5, 0.6) is 11.5 Å². The molecule has 2 N–H and O–H groups in total. The summed E-state index contributed by atoms with van der Waals surface area (Å²) in [5.74, 6) is 13.8. The molecule has 0 saturated carbocycles. The molecule has 0 atom stereocenters. The van der Waals surface area contributed by atoms with E-state index in [1.54, 1.807) is 38.3 Å². The smallest absolute Gasteiger partial charge is 0.298 e. The Morgan fingerprint density at radius 2 is 1.87 bits per heavy atom. The molecule has 0 bridgehead atoms. The van der Waals surface area contributed by atoms with E-state index in [-0.39, 0.29) is 11.8 Å². The second-order valence-electron chi connectivity index (χ2n) is 6.98. The largest absolute Gasteiger partial charge is 0.497 e. The first-order valence-electron chi connectivity index (χ1n) is 9.63. The number of hydrogen-bond donors (Lipinski definition) is 1. The standard InChI is InChI=1S/C23H21N5O3/c1-4-5-20(29)27-13-16(14-27)23-26-19(21-22(24)25-8-9-28(21)23)7-6-15-10-17(30-2)12-18(11-15)31-3/h8-12,16H,13-14H2,1-3H3,(H2,24,25). The third-order valence-corrected chi connectivity index (χ3v) is 5.05. The first kappa shape index (κ1) is 20.1. The number of aromatic nitrogens is 3. The molecule has 1 fully saturated rings. The van der Waals surface area contributed by atoms with Crippen molar-refractivity contribution in [1.29, 1.82) is 0 Å². The van der Waals surface area contributed by atoms with Crippen LogP contribution in [0.3, 0.4) is 0 Å². The van der Waals surface area contributed by atoms with Crippen molar-refractivity contribution in [3.63, 3.8) is 0 Å². The van der Waals surface area contributed by atoms with Gasteiger partial charge in [-0.15, -0.1) is 0 Å². The SMILES string of the molecule is CC#CC(=O)N1CC(c2nc(C#Cc3cc(OC)cc(OC)c3)c3c(N)nccn23)C1. The number of benzene rings is 1. The molecule has 0 unspecified atom stereocenters. The van der Waals surface area contributed by atoms with Crippen molar-refractivity contribution >= 4 is 17.2 Å². The summed E-state index contributed by atoms with van der Waals surface area (Å²) in [6.07, 6.45) is 3.44. The van der Waals surface area contributed by atoms with Crippen molar-refractivity contribution in [3.05, 3.63) is 47.7 Å². The van der Waals surface area contributed by atoms with Crippen LogP contribution in [0.4, 0.5) is 5.82 Å². The predicted molar refractivity (Wildman–Crippen MR) is 116 cm³/mol. The van der Waals surface area contributed by atoms with Gasteiger partial charge in [0.05, 0.1) is 20.1 Å². The summed E-state index contributed by atoms with van der Waals surface area (Å²) in [4.78, 5) is 22.6. The van der Waals surface area contributed by atoms with E-state index in [4.69, 9.17) is 20.2 Å². The summed E-state index contributed by atoms with van der Waals surface area (Å²) in [6.45, 7) is 2.75. The van der Waals surface area contributed by atoms with E-state index in [2.05, 4.69) is 28.7 Å². The molecule has 3 aromatic rings. The molecule has 1 saturated heterocycles. The van der Waals surface area contributed by atoms with Gasteiger partial charge in [0.2, 0.25) is 0 Å². The maximum absolute atomic E-state index is 11.9. The lowest BCUT2D eigenvalue weighted by atomic mass is 9.99. The maximum Gasteiger partial charge on any atom is 0.298 e. The van der Waals surface area contributed by atoms with Crippen LogP contribution in [0, 0.1) is 23.7 Å². The molecule has 0 spiro atoms. The van der Waals surface area contributed by atoms with E-state index < -0.39 is 0 Å². The molecule has 31 heavy (non-hydrogen) atoms. The van der Waals surface area contributed by atoms with E-state index in [0.29, 0.717) is 41.6 Å². The molecule has 8 nitrogen and oxygen atoms in total. The number of nitrogens with two attached hydrogens (primary N) is 1. The van der Waals surface area contributed by atoms with Gasteiger partial charge in [-0.05, 0) is 30.9 Å². The molecule has 156 valence electrons. The summed E-state index contributed by atoms with van der Waals surface area (Å²) in [5.41, 5.74) is 8.04. The molecule has 1 aromatic carbocycles. The fourth-order valence-corrected chi connectivity index (χ4v) is 3.47. The van der Waals surface area contributed by atoms with Gasteiger partial charge in [-0.25, -0.2) is 9.97 Å². The van der Waals surface area contributed by atoms with E-state index in [0.717, 1.165) is 11.4 Å². The lowest BCUT2D eigenvalue weighted by Crippen LogP contribution is -2.48. The zero-order valence-corrected chi connectivity index (χ0v) is 17.5. The topological polar surface area (TPSA) is 95.0 Å². The summed E-state index contributed by atoms with van der Waals surface area (Å²) < 4.78 is 12.5. The number of carbonyl (C=O) groups is 1. The molecule has 1 aliphatic rings. The molecule has 3 heterocycles. The van der Waals surface area contributed by atoms with Crippen molar-refractivity contribution in [2.24, 2.45) is 0 Å². The van der Waals surface area contributed by atoms with E-state index in [1.807, 2.05) is 22.7 Å². The van der Waals surface area contributed by atoms with Gasteiger partial charge >= 0.3 is 0 Å². The number of likely N-dealkylation sites (tertiary alicyclic amines) is 1. The fourth-order valence-electron chi connectivity index (χ4n) is 3.47. The Labute approximate surface area is 180 Å². The summed E-state index contributed by atoms with van der Waals surface area (Å²) in [7, 11) is 3.18. The Kier molecular flexibility index (Phi) is 5.38. The highest BCUT2D eigenvalue weighted by molar-refractivity contribution is 5.94. The van der Waals surface area contributed by atoms with Gasteiger partial charge in [-0.2, -0.15) is 0 Å². The van der Waals surface area contributed by atoms with E-state index in [1.165, 1.54) is 0 Å². The molecule has 2 aromatic heterocycles. The van der Waals surface area contributed by atoms with Crippen LogP contribution >= 0.6 is 0 Å².